The molecule has 3 N–H and O–H groups in total. The molecule has 0 saturated carbocycles. The van der Waals surface area contributed by atoms with Crippen LogP contribution in [0.1, 0.15) is 53.2 Å². The Bertz CT molecular complexity index is 957. The average molecular weight is 366 g/mol. The molecule has 8 nitrogen and oxygen atoms in total. The van der Waals surface area contributed by atoms with Gasteiger partial charge in [-0.1, -0.05) is 31.1 Å². The minimum absolute atomic E-state index is 0.256. The number of aromatic amines is 1. The van der Waals surface area contributed by atoms with E-state index in [0.29, 0.717) is 18.0 Å². The van der Waals surface area contributed by atoms with Gasteiger partial charge in [0.05, 0.1) is 17.9 Å². The van der Waals surface area contributed by atoms with Gasteiger partial charge in [-0.15, -0.1) is 0 Å². The standard InChI is InChI=1S/C19H22N6O2/c1-11(2)18-23-16(27-24-18)10-25-8-7-14-15(9-25)22-19(21-14)13-5-3-12(4-6-13)17(20)26/h3-6,11H,7-10H2,1-2H3,(H2,20,26)(H,21,22). The van der Waals surface area contributed by atoms with Crippen LogP contribution < -0.4 is 5.73 Å². The SMILES string of the molecule is CC(C)c1noc(CN2CCc3nc(-c4ccc(C(N)=O)cc4)[nH]c3C2)n1. The van der Waals surface area contributed by atoms with Gasteiger partial charge in [-0.3, -0.25) is 9.69 Å². The van der Waals surface area contributed by atoms with Gasteiger partial charge in [0.1, 0.15) is 5.82 Å². The van der Waals surface area contributed by atoms with Crippen LogP contribution in [-0.2, 0) is 19.5 Å². The van der Waals surface area contributed by atoms with Gasteiger partial charge < -0.3 is 15.2 Å². The van der Waals surface area contributed by atoms with E-state index in [-0.39, 0.29) is 5.92 Å². The zero-order valence-electron chi connectivity index (χ0n) is 15.4. The predicted molar refractivity (Wildman–Crippen MR) is 98.7 cm³/mol. The fourth-order valence-corrected chi connectivity index (χ4v) is 3.17. The zero-order chi connectivity index (χ0) is 19.0. The Hall–Kier alpha value is -3.00. The minimum atomic E-state index is -0.433. The summed E-state index contributed by atoms with van der Waals surface area (Å²) in [4.78, 5) is 26.0. The van der Waals surface area contributed by atoms with Crippen molar-refractivity contribution in [1.82, 2.24) is 25.0 Å². The van der Waals surface area contributed by atoms with Crippen molar-refractivity contribution in [2.45, 2.75) is 39.3 Å². The lowest BCUT2D eigenvalue weighted by atomic mass is 10.1. The summed E-state index contributed by atoms with van der Waals surface area (Å²) in [6, 6.07) is 7.14. The Balaban J connectivity index is 1.47. The Kier molecular flexibility index (Phi) is 4.49. The molecule has 0 unspecified atom stereocenters. The van der Waals surface area contributed by atoms with Gasteiger partial charge in [0, 0.05) is 36.6 Å². The molecule has 0 saturated heterocycles. The van der Waals surface area contributed by atoms with Gasteiger partial charge in [-0.05, 0) is 12.1 Å². The largest absolute Gasteiger partial charge is 0.366 e. The van der Waals surface area contributed by atoms with Gasteiger partial charge in [-0.25, -0.2) is 4.98 Å². The summed E-state index contributed by atoms with van der Waals surface area (Å²) in [6.07, 6.45) is 0.858. The van der Waals surface area contributed by atoms with Crippen LogP contribution in [0.5, 0.6) is 0 Å². The van der Waals surface area contributed by atoms with E-state index in [0.717, 1.165) is 48.1 Å². The minimum Gasteiger partial charge on any atom is -0.366 e. The molecule has 4 rings (SSSR count). The summed E-state index contributed by atoms with van der Waals surface area (Å²) >= 11 is 0. The van der Waals surface area contributed by atoms with E-state index in [9.17, 15) is 4.79 Å². The predicted octanol–water partition coefficient (Wildman–Crippen LogP) is 2.24. The molecule has 1 aliphatic heterocycles. The van der Waals surface area contributed by atoms with E-state index in [1.165, 1.54) is 0 Å². The smallest absolute Gasteiger partial charge is 0.248 e. The maximum absolute atomic E-state index is 11.2. The molecular formula is C19H22N6O2. The second kappa shape index (κ2) is 6.96. The van der Waals surface area contributed by atoms with E-state index in [2.05, 4.69) is 20.0 Å². The number of hydrogen-bond acceptors (Lipinski definition) is 6. The number of benzene rings is 1. The van der Waals surface area contributed by atoms with E-state index >= 15 is 0 Å². The molecule has 2 aromatic heterocycles. The van der Waals surface area contributed by atoms with Crippen LogP contribution in [0.2, 0.25) is 0 Å². The first kappa shape index (κ1) is 17.4. The molecule has 0 fully saturated rings. The van der Waals surface area contributed by atoms with Crippen molar-refractivity contribution in [2.75, 3.05) is 6.54 Å². The number of amides is 1. The molecule has 1 aromatic carbocycles. The van der Waals surface area contributed by atoms with Crippen LogP contribution in [0.3, 0.4) is 0 Å². The molecule has 3 aromatic rings. The summed E-state index contributed by atoms with van der Waals surface area (Å²) in [5, 5.41) is 4.02. The van der Waals surface area contributed by atoms with Crippen LogP contribution in [0.4, 0.5) is 0 Å². The molecule has 8 heteroatoms. The van der Waals surface area contributed by atoms with Gasteiger partial charge in [0.15, 0.2) is 5.82 Å². The molecule has 27 heavy (non-hydrogen) atoms. The number of imidazole rings is 1. The van der Waals surface area contributed by atoms with Gasteiger partial charge in [-0.2, -0.15) is 4.98 Å². The quantitative estimate of drug-likeness (QED) is 0.716. The van der Waals surface area contributed by atoms with Crippen molar-refractivity contribution < 1.29 is 9.32 Å². The van der Waals surface area contributed by atoms with Crippen molar-refractivity contribution in [3.8, 4) is 11.4 Å². The Morgan fingerprint density at radius 1 is 1.30 bits per heavy atom. The monoisotopic (exact) mass is 366 g/mol. The molecule has 0 aliphatic carbocycles. The number of fused-ring (bicyclic) bond motifs is 1. The van der Waals surface area contributed by atoms with Crippen molar-refractivity contribution in [1.29, 1.82) is 0 Å². The topological polar surface area (TPSA) is 114 Å². The first-order valence-electron chi connectivity index (χ1n) is 9.02. The number of carbonyl (C=O) groups is 1. The third-order valence-electron chi connectivity index (χ3n) is 4.71. The lowest BCUT2D eigenvalue weighted by molar-refractivity contribution is 0.100. The Labute approximate surface area is 156 Å². The highest BCUT2D eigenvalue weighted by molar-refractivity contribution is 5.93. The molecule has 1 aliphatic rings. The van der Waals surface area contributed by atoms with Crippen LogP contribution in [-0.4, -0.2) is 37.5 Å². The molecule has 0 radical (unpaired) electrons. The van der Waals surface area contributed by atoms with Crippen molar-refractivity contribution in [3.63, 3.8) is 0 Å². The van der Waals surface area contributed by atoms with Crippen LogP contribution in [0.15, 0.2) is 28.8 Å². The number of nitrogens with zero attached hydrogens (tertiary/aromatic N) is 4. The summed E-state index contributed by atoms with van der Waals surface area (Å²) in [5.74, 6) is 2.01. The van der Waals surface area contributed by atoms with E-state index in [1.54, 1.807) is 12.1 Å². The highest BCUT2D eigenvalue weighted by Crippen LogP contribution is 2.24. The maximum atomic E-state index is 11.2. The third kappa shape index (κ3) is 3.61. The van der Waals surface area contributed by atoms with E-state index < -0.39 is 5.91 Å². The number of nitrogens with two attached hydrogens (primary N) is 1. The first-order chi connectivity index (χ1) is 13.0. The molecule has 0 spiro atoms. The van der Waals surface area contributed by atoms with Crippen LogP contribution >= 0.6 is 0 Å². The average Bonchev–Trinajstić information content (AvgIpc) is 3.28. The fourth-order valence-electron chi connectivity index (χ4n) is 3.17. The normalized spacial score (nSPS) is 14.5. The summed E-state index contributed by atoms with van der Waals surface area (Å²) in [6.45, 7) is 6.35. The molecule has 140 valence electrons. The summed E-state index contributed by atoms with van der Waals surface area (Å²) in [5.41, 5.74) is 8.88. The second-order valence-corrected chi connectivity index (χ2v) is 7.11. The summed E-state index contributed by atoms with van der Waals surface area (Å²) in [7, 11) is 0. The van der Waals surface area contributed by atoms with E-state index in [1.807, 2.05) is 26.0 Å². The van der Waals surface area contributed by atoms with E-state index in [4.69, 9.17) is 15.2 Å². The van der Waals surface area contributed by atoms with Gasteiger partial charge >= 0.3 is 0 Å². The molecule has 0 bridgehead atoms. The van der Waals surface area contributed by atoms with Crippen molar-refractivity contribution >= 4 is 5.91 Å². The highest BCUT2D eigenvalue weighted by Gasteiger charge is 2.22. The molecule has 0 atom stereocenters. The lowest BCUT2D eigenvalue weighted by Crippen LogP contribution is -2.30. The lowest BCUT2D eigenvalue weighted by Gasteiger charge is -2.24. The zero-order valence-corrected chi connectivity index (χ0v) is 15.4. The van der Waals surface area contributed by atoms with Crippen molar-refractivity contribution in [2.24, 2.45) is 5.73 Å². The Morgan fingerprint density at radius 2 is 2.07 bits per heavy atom. The highest BCUT2D eigenvalue weighted by atomic mass is 16.5. The number of H-pyrrole nitrogens is 1. The number of carbonyl (C=O) groups excluding carboxylic acids is 1. The fraction of sp³-hybridized carbons (Fsp3) is 0.368. The van der Waals surface area contributed by atoms with Crippen molar-refractivity contribution in [3.05, 3.63) is 52.9 Å². The molecule has 1 amide bonds. The van der Waals surface area contributed by atoms with Crippen LogP contribution in [0.25, 0.3) is 11.4 Å². The number of nitrogens with one attached hydrogen (secondary N) is 1. The molecular weight excluding hydrogens is 344 g/mol. The molecule has 3 heterocycles. The van der Waals surface area contributed by atoms with Gasteiger partial charge in [0.2, 0.25) is 11.8 Å². The number of rotatable bonds is 5. The first-order valence-corrected chi connectivity index (χ1v) is 9.02. The maximum Gasteiger partial charge on any atom is 0.248 e. The van der Waals surface area contributed by atoms with Gasteiger partial charge in [0.25, 0.3) is 0 Å². The second-order valence-electron chi connectivity index (χ2n) is 7.11. The van der Waals surface area contributed by atoms with Crippen LogP contribution in [0, 0.1) is 0 Å². The third-order valence-corrected chi connectivity index (χ3v) is 4.71. The summed E-state index contributed by atoms with van der Waals surface area (Å²) < 4.78 is 5.36. The number of aromatic nitrogens is 4. The number of hydrogen-bond donors (Lipinski definition) is 2. The number of primary amides is 1. The Morgan fingerprint density at radius 3 is 2.74 bits per heavy atom.